The van der Waals surface area contributed by atoms with E-state index in [0.717, 1.165) is 10.6 Å². The molecular weight excluding hydrogens is 172 g/mol. The second-order valence-corrected chi connectivity index (χ2v) is 3.09. The minimum atomic E-state index is -0.402. The molecule has 0 aromatic heterocycles. The Morgan fingerprint density at radius 2 is 1.92 bits per heavy atom. The van der Waals surface area contributed by atoms with Gasteiger partial charge in [0.2, 0.25) is 0 Å². The molecule has 0 bridgehead atoms. The minimum Gasteiger partial charge on any atom is -0.389 e. The highest BCUT2D eigenvalue weighted by molar-refractivity contribution is 6.30. The average Bonchev–Trinajstić information content (AvgIpc) is 2.03. The van der Waals surface area contributed by atoms with Gasteiger partial charge < -0.3 is 5.11 Å². The molecule has 0 saturated carbocycles. The maximum Gasteiger partial charge on any atom is 0.0696 e. The molecule has 0 radical (unpaired) electrons. The largest absolute Gasteiger partial charge is 0.389 e. The molecule has 0 spiro atoms. The van der Waals surface area contributed by atoms with E-state index in [2.05, 4.69) is 0 Å². The first kappa shape index (κ1) is 9.30. The highest BCUT2D eigenvalue weighted by atomic mass is 35.5. The molecule has 0 amide bonds. The zero-order valence-electron chi connectivity index (χ0n) is 6.87. The number of aliphatic hydroxyl groups excluding tert-OH is 1. The van der Waals surface area contributed by atoms with Crippen molar-refractivity contribution in [2.75, 3.05) is 0 Å². The van der Waals surface area contributed by atoms with E-state index in [9.17, 15) is 0 Å². The van der Waals surface area contributed by atoms with E-state index < -0.39 is 6.10 Å². The van der Waals surface area contributed by atoms with Crippen LogP contribution in [0.2, 0.25) is 5.02 Å². The standard InChI is InChI=1S/C10H11ClO/c1-8(12)2-3-9-4-6-10(11)7-5-9/h2-8,12H,1H3/t8-/m1/s1. The van der Waals surface area contributed by atoms with E-state index in [4.69, 9.17) is 16.7 Å². The summed E-state index contributed by atoms with van der Waals surface area (Å²) in [5.74, 6) is 0. The van der Waals surface area contributed by atoms with Gasteiger partial charge in [-0.2, -0.15) is 0 Å². The Bertz CT molecular complexity index is 262. The summed E-state index contributed by atoms with van der Waals surface area (Å²) in [6.07, 6.45) is 3.19. The first-order valence-electron chi connectivity index (χ1n) is 3.80. The van der Waals surface area contributed by atoms with Crippen LogP contribution in [-0.2, 0) is 0 Å². The minimum absolute atomic E-state index is 0.402. The summed E-state index contributed by atoms with van der Waals surface area (Å²) in [5, 5.41) is 9.68. The van der Waals surface area contributed by atoms with Gasteiger partial charge in [0.25, 0.3) is 0 Å². The summed E-state index contributed by atoms with van der Waals surface area (Å²) in [4.78, 5) is 0. The molecule has 1 rings (SSSR count). The molecule has 12 heavy (non-hydrogen) atoms. The van der Waals surface area contributed by atoms with Crippen molar-refractivity contribution in [1.82, 2.24) is 0 Å². The van der Waals surface area contributed by atoms with Gasteiger partial charge in [0.1, 0.15) is 0 Å². The lowest BCUT2D eigenvalue weighted by atomic mass is 10.2. The SMILES string of the molecule is C[C@@H](O)C=Cc1ccc(Cl)cc1. The molecule has 0 aliphatic heterocycles. The summed E-state index contributed by atoms with van der Waals surface area (Å²) < 4.78 is 0. The highest BCUT2D eigenvalue weighted by Gasteiger charge is 1.88. The second-order valence-electron chi connectivity index (χ2n) is 2.65. The normalized spacial score (nSPS) is 13.6. The third-order valence-electron chi connectivity index (χ3n) is 1.44. The Labute approximate surface area is 77.3 Å². The van der Waals surface area contributed by atoms with Gasteiger partial charge in [-0.1, -0.05) is 35.9 Å². The van der Waals surface area contributed by atoms with Crippen molar-refractivity contribution in [3.63, 3.8) is 0 Å². The highest BCUT2D eigenvalue weighted by Crippen LogP contribution is 2.10. The summed E-state index contributed by atoms with van der Waals surface area (Å²) in [6.45, 7) is 1.71. The van der Waals surface area contributed by atoms with Crippen LogP contribution < -0.4 is 0 Å². The van der Waals surface area contributed by atoms with Crippen molar-refractivity contribution < 1.29 is 5.11 Å². The molecule has 0 aliphatic carbocycles. The number of hydrogen-bond donors (Lipinski definition) is 1. The average molecular weight is 183 g/mol. The zero-order valence-corrected chi connectivity index (χ0v) is 7.62. The number of hydrogen-bond acceptors (Lipinski definition) is 1. The first-order valence-corrected chi connectivity index (χ1v) is 4.18. The van der Waals surface area contributed by atoms with Gasteiger partial charge >= 0.3 is 0 Å². The molecule has 1 atom stereocenters. The lowest BCUT2D eigenvalue weighted by Gasteiger charge is -1.95. The van der Waals surface area contributed by atoms with Crippen LogP contribution in [0.15, 0.2) is 30.3 Å². The predicted molar refractivity (Wildman–Crippen MR) is 52.2 cm³/mol. The van der Waals surface area contributed by atoms with Crippen molar-refractivity contribution in [3.8, 4) is 0 Å². The molecule has 0 aliphatic rings. The predicted octanol–water partition coefficient (Wildman–Crippen LogP) is 2.73. The molecule has 0 heterocycles. The number of benzene rings is 1. The van der Waals surface area contributed by atoms with Crippen LogP contribution in [0.25, 0.3) is 6.08 Å². The number of aliphatic hydroxyl groups is 1. The van der Waals surface area contributed by atoms with Crippen molar-refractivity contribution in [3.05, 3.63) is 40.9 Å². The first-order chi connectivity index (χ1) is 5.68. The third kappa shape index (κ3) is 3.07. The molecule has 64 valence electrons. The Kier molecular flexibility index (Phi) is 3.32. The second kappa shape index (κ2) is 4.29. The molecule has 0 fully saturated rings. The molecule has 1 aromatic rings. The van der Waals surface area contributed by atoms with Crippen LogP contribution in [0.5, 0.6) is 0 Å². The number of halogens is 1. The van der Waals surface area contributed by atoms with Gasteiger partial charge in [-0.3, -0.25) is 0 Å². The summed E-state index contributed by atoms with van der Waals surface area (Å²) in [6, 6.07) is 7.45. The van der Waals surface area contributed by atoms with Crippen LogP contribution in [0.1, 0.15) is 12.5 Å². The Morgan fingerprint density at radius 3 is 2.42 bits per heavy atom. The Morgan fingerprint density at radius 1 is 1.33 bits per heavy atom. The van der Waals surface area contributed by atoms with Crippen molar-refractivity contribution in [2.45, 2.75) is 13.0 Å². The van der Waals surface area contributed by atoms with Crippen molar-refractivity contribution in [2.24, 2.45) is 0 Å². The smallest absolute Gasteiger partial charge is 0.0696 e. The van der Waals surface area contributed by atoms with Crippen LogP contribution in [0, 0.1) is 0 Å². The van der Waals surface area contributed by atoms with E-state index in [1.54, 1.807) is 13.0 Å². The maximum atomic E-state index is 8.96. The van der Waals surface area contributed by atoms with Crippen LogP contribution in [0.3, 0.4) is 0 Å². The number of rotatable bonds is 2. The van der Waals surface area contributed by atoms with Crippen LogP contribution >= 0.6 is 11.6 Å². The molecule has 0 unspecified atom stereocenters. The lowest BCUT2D eigenvalue weighted by Crippen LogP contribution is -1.90. The Hall–Kier alpha value is -0.790. The van der Waals surface area contributed by atoms with Crippen molar-refractivity contribution >= 4 is 17.7 Å². The van der Waals surface area contributed by atoms with Crippen LogP contribution in [0.4, 0.5) is 0 Å². The van der Waals surface area contributed by atoms with Gasteiger partial charge in [0.05, 0.1) is 6.10 Å². The van der Waals surface area contributed by atoms with Crippen LogP contribution in [-0.4, -0.2) is 11.2 Å². The van der Waals surface area contributed by atoms with Gasteiger partial charge in [0, 0.05) is 5.02 Å². The van der Waals surface area contributed by atoms with E-state index in [-0.39, 0.29) is 0 Å². The third-order valence-corrected chi connectivity index (χ3v) is 1.69. The Balaban J connectivity index is 2.71. The molecule has 1 N–H and O–H groups in total. The monoisotopic (exact) mass is 182 g/mol. The molecule has 2 heteroatoms. The van der Waals surface area contributed by atoms with Gasteiger partial charge in [-0.25, -0.2) is 0 Å². The van der Waals surface area contributed by atoms with E-state index >= 15 is 0 Å². The van der Waals surface area contributed by atoms with Crippen molar-refractivity contribution in [1.29, 1.82) is 0 Å². The fourth-order valence-electron chi connectivity index (χ4n) is 0.824. The summed E-state index contributed by atoms with van der Waals surface area (Å²) >= 11 is 5.70. The fraction of sp³-hybridized carbons (Fsp3) is 0.200. The molecule has 0 saturated heterocycles. The van der Waals surface area contributed by atoms with Gasteiger partial charge in [-0.05, 0) is 24.6 Å². The fourth-order valence-corrected chi connectivity index (χ4v) is 0.950. The molecule has 1 nitrogen and oxygen atoms in total. The lowest BCUT2D eigenvalue weighted by molar-refractivity contribution is 0.245. The zero-order chi connectivity index (χ0) is 8.97. The van der Waals surface area contributed by atoms with Gasteiger partial charge in [-0.15, -0.1) is 0 Å². The molecular formula is C10H11ClO. The van der Waals surface area contributed by atoms with E-state index in [1.165, 1.54) is 0 Å². The summed E-state index contributed by atoms with van der Waals surface area (Å²) in [5.41, 5.74) is 1.04. The molecule has 1 aromatic carbocycles. The summed E-state index contributed by atoms with van der Waals surface area (Å²) in [7, 11) is 0. The quantitative estimate of drug-likeness (QED) is 0.746. The van der Waals surface area contributed by atoms with E-state index in [0.29, 0.717) is 0 Å². The van der Waals surface area contributed by atoms with E-state index in [1.807, 2.05) is 30.3 Å². The van der Waals surface area contributed by atoms with Gasteiger partial charge in [0.15, 0.2) is 0 Å². The topological polar surface area (TPSA) is 20.2 Å². The maximum absolute atomic E-state index is 8.96.